The van der Waals surface area contributed by atoms with E-state index in [0.717, 1.165) is 35.1 Å². The first kappa shape index (κ1) is 26.8. The molecule has 0 radical (unpaired) electrons. The fourth-order valence-corrected chi connectivity index (χ4v) is 3.79. The highest BCUT2D eigenvalue weighted by Gasteiger charge is 2.08. The van der Waals surface area contributed by atoms with E-state index in [1.54, 1.807) is 13.0 Å². The van der Waals surface area contributed by atoms with Crippen molar-refractivity contribution in [2.45, 2.75) is 45.6 Å². The van der Waals surface area contributed by atoms with Crippen LogP contribution in [0, 0.1) is 0 Å². The van der Waals surface area contributed by atoms with Crippen LogP contribution in [-0.4, -0.2) is 41.4 Å². The highest BCUT2D eigenvalue weighted by molar-refractivity contribution is 5.78. The van der Waals surface area contributed by atoms with Crippen molar-refractivity contribution in [3.05, 3.63) is 87.7 Å². The summed E-state index contributed by atoms with van der Waals surface area (Å²) in [7, 11) is 0. The van der Waals surface area contributed by atoms with E-state index in [4.69, 9.17) is 10.5 Å². The summed E-state index contributed by atoms with van der Waals surface area (Å²) in [6.45, 7) is 3.74. The summed E-state index contributed by atoms with van der Waals surface area (Å²) < 4.78 is 6.43. The van der Waals surface area contributed by atoms with Gasteiger partial charge >= 0.3 is 5.97 Å². The Kier molecular flexibility index (Phi) is 10.4. The van der Waals surface area contributed by atoms with Crippen molar-refractivity contribution in [3.63, 3.8) is 0 Å². The van der Waals surface area contributed by atoms with Crippen LogP contribution in [-0.2, 0) is 33.7 Å². The molecule has 0 aliphatic rings. The summed E-state index contributed by atoms with van der Waals surface area (Å²) in [4.78, 5) is 36.2. The number of nitrogens with one attached hydrogen (secondary N) is 1. The number of amides is 1. The Bertz CT molecular complexity index is 1200. The minimum atomic E-state index is -0.220. The fraction of sp³-hybridized carbons (Fsp3) is 0.357. The standard InChI is InChI=1S/C28H34N4O4/c1-2-36-28(35)15-10-21-6-5-7-23(18-21)20-32-27(34)14-13-25(31-32)24-11-8-22(9-12-24)19-26(33)30-17-4-3-16-29/h5-9,11-14,18H,2-4,10,15-17,19-20,29H2,1H3,(H,30,33). The predicted molar refractivity (Wildman–Crippen MR) is 139 cm³/mol. The fourth-order valence-electron chi connectivity index (χ4n) is 3.79. The van der Waals surface area contributed by atoms with Gasteiger partial charge in [0.05, 0.1) is 25.3 Å². The molecular formula is C28H34N4O4. The Balaban J connectivity index is 1.64. The van der Waals surface area contributed by atoms with E-state index < -0.39 is 0 Å². The van der Waals surface area contributed by atoms with E-state index in [1.165, 1.54) is 10.7 Å². The highest BCUT2D eigenvalue weighted by Crippen LogP contribution is 2.17. The van der Waals surface area contributed by atoms with Gasteiger partial charge in [-0.25, -0.2) is 4.68 Å². The van der Waals surface area contributed by atoms with Crippen LogP contribution in [0.3, 0.4) is 0 Å². The molecule has 0 saturated carbocycles. The third-order valence-corrected chi connectivity index (χ3v) is 5.68. The number of unbranched alkanes of at least 4 members (excludes halogenated alkanes) is 1. The number of hydrogen-bond donors (Lipinski definition) is 2. The van der Waals surface area contributed by atoms with Gasteiger partial charge in [-0.3, -0.25) is 14.4 Å². The maximum atomic E-state index is 12.5. The molecule has 1 heterocycles. The maximum absolute atomic E-state index is 12.5. The van der Waals surface area contributed by atoms with Crippen molar-refractivity contribution in [3.8, 4) is 11.3 Å². The van der Waals surface area contributed by atoms with E-state index in [0.29, 0.717) is 51.2 Å². The van der Waals surface area contributed by atoms with Crippen molar-refractivity contribution in [1.29, 1.82) is 0 Å². The average molecular weight is 491 g/mol. The molecule has 2 aromatic carbocycles. The predicted octanol–water partition coefficient (Wildman–Crippen LogP) is 2.85. The normalized spacial score (nSPS) is 10.7. The van der Waals surface area contributed by atoms with Crippen LogP contribution in [0.1, 0.15) is 42.9 Å². The van der Waals surface area contributed by atoms with Crippen molar-refractivity contribution < 1.29 is 14.3 Å². The molecule has 0 spiro atoms. The van der Waals surface area contributed by atoms with Gasteiger partial charge in [-0.05, 0) is 55.5 Å². The van der Waals surface area contributed by atoms with Crippen LogP contribution >= 0.6 is 0 Å². The van der Waals surface area contributed by atoms with E-state index in [1.807, 2.05) is 48.5 Å². The lowest BCUT2D eigenvalue weighted by Crippen LogP contribution is -2.26. The summed E-state index contributed by atoms with van der Waals surface area (Å²) in [6, 6.07) is 18.6. The molecule has 3 N–H and O–H groups in total. The summed E-state index contributed by atoms with van der Waals surface area (Å²) in [6.07, 6.45) is 2.97. The van der Waals surface area contributed by atoms with Crippen LogP contribution in [0.15, 0.2) is 65.5 Å². The van der Waals surface area contributed by atoms with Gasteiger partial charge in [0.2, 0.25) is 5.91 Å². The molecule has 36 heavy (non-hydrogen) atoms. The molecular weight excluding hydrogens is 456 g/mol. The number of carbonyl (C=O) groups excluding carboxylic acids is 2. The Morgan fingerprint density at radius 3 is 2.53 bits per heavy atom. The van der Waals surface area contributed by atoms with Gasteiger partial charge in [0.15, 0.2) is 0 Å². The summed E-state index contributed by atoms with van der Waals surface area (Å²) in [5.41, 5.74) is 9.64. The molecule has 8 heteroatoms. The number of rotatable bonds is 13. The summed E-state index contributed by atoms with van der Waals surface area (Å²) in [5, 5.41) is 7.46. The van der Waals surface area contributed by atoms with Gasteiger partial charge in [0, 0.05) is 24.6 Å². The Hall–Kier alpha value is -3.78. The monoisotopic (exact) mass is 490 g/mol. The number of esters is 1. The molecule has 0 aliphatic heterocycles. The SMILES string of the molecule is CCOC(=O)CCc1cccc(Cn2nc(-c3ccc(CC(=O)NCCCCN)cc3)ccc2=O)c1. The number of nitrogens with two attached hydrogens (primary N) is 1. The molecule has 0 atom stereocenters. The molecule has 1 aromatic heterocycles. The van der Waals surface area contributed by atoms with Crippen LogP contribution in [0.25, 0.3) is 11.3 Å². The second-order valence-corrected chi connectivity index (χ2v) is 8.56. The lowest BCUT2D eigenvalue weighted by atomic mass is 10.1. The van der Waals surface area contributed by atoms with Crippen molar-refractivity contribution in [1.82, 2.24) is 15.1 Å². The molecule has 0 unspecified atom stereocenters. The van der Waals surface area contributed by atoms with E-state index in [9.17, 15) is 14.4 Å². The van der Waals surface area contributed by atoms with Gasteiger partial charge in [-0.1, -0.05) is 48.5 Å². The minimum absolute atomic E-state index is 0.0177. The third kappa shape index (κ3) is 8.46. The van der Waals surface area contributed by atoms with Gasteiger partial charge in [-0.15, -0.1) is 0 Å². The largest absolute Gasteiger partial charge is 0.466 e. The molecule has 0 aliphatic carbocycles. The molecule has 190 valence electrons. The zero-order valence-electron chi connectivity index (χ0n) is 20.7. The van der Waals surface area contributed by atoms with Crippen molar-refractivity contribution in [2.24, 2.45) is 5.73 Å². The average Bonchev–Trinajstić information content (AvgIpc) is 2.88. The van der Waals surface area contributed by atoms with Crippen LogP contribution in [0.2, 0.25) is 0 Å². The molecule has 0 fully saturated rings. The van der Waals surface area contributed by atoms with Gasteiger partial charge < -0.3 is 15.8 Å². The first-order valence-corrected chi connectivity index (χ1v) is 12.4. The number of nitrogens with zero attached hydrogens (tertiary/aromatic N) is 2. The Labute approximate surface area is 211 Å². The summed E-state index contributed by atoms with van der Waals surface area (Å²) >= 11 is 0. The first-order valence-electron chi connectivity index (χ1n) is 12.4. The molecule has 3 aromatic rings. The topological polar surface area (TPSA) is 116 Å². The number of hydrogen-bond acceptors (Lipinski definition) is 6. The quantitative estimate of drug-likeness (QED) is 0.281. The van der Waals surface area contributed by atoms with Gasteiger partial charge in [-0.2, -0.15) is 5.10 Å². The lowest BCUT2D eigenvalue weighted by Gasteiger charge is -2.10. The number of ether oxygens (including phenoxy) is 1. The zero-order chi connectivity index (χ0) is 25.8. The van der Waals surface area contributed by atoms with Gasteiger partial charge in [0.25, 0.3) is 5.56 Å². The third-order valence-electron chi connectivity index (χ3n) is 5.68. The van der Waals surface area contributed by atoms with E-state index in [-0.39, 0.29) is 17.4 Å². The van der Waals surface area contributed by atoms with E-state index >= 15 is 0 Å². The molecule has 8 nitrogen and oxygen atoms in total. The highest BCUT2D eigenvalue weighted by atomic mass is 16.5. The van der Waals surface area contributed by atoms with Crippen LogP contribution in [0.5, 0.6) is 0 Å². The Morgan fingerprint density at radius 1 is 1.00 bits per heavy atom. The zero-order valence-corrected chi connectivity index (χ0v) is 20.7. The second kappa shape index (κ2) is 13.9. The number of aromatic nitrogens is 2. The summed E-state index contributed by atoms with van der Waals surface area (Å²) in [5.74, 6) is -0.237. The second-order valence-electron chi connectivity index (χ2n) is 8.56. The van der Waals surface area contributed by atoms with E-state index in [2.05, 4.69) is 10.4 Å². The van der Waals surface area contributed by atoms with Crippen LogP contribution in [0.4, 0.5) is 0 Å². The van der Waals surface area contributed by atoms with Crippen LogP contribution < -0.4 is 16.6 Å². The number of benzene rings is 2. The van der Waals surface area contributed by atoms with Crippen molar-refractivity contribution in [2.75, 3.05) is 19.7 Å². The molecule has 0 saturated heterocycles. The maximum Gasteiger partial charge on any atom is 0.306 e. The lowest BCUT2D eigenvalue weighted by molar-refractivity contribution is -0.143. The van der Waals surface area contributed by atoms with Crippen molar-refractivity contribution >= 4 is 11.9 Å². The van der Waals surface area contributed by atoms with Gasteiger partial charge in [0.1, 0.15) is 0 Å². The molecule has 3 rings (SSSR count). The Morgan fingerprint density at radius 2 is 1.78 bits per heavy atom. The first-order chi connectivity index (χ1) is 17.5. The number of carbonyl (C=O) groups is 2. The minimum Gasteiger partial charge on any atom is -0.466 e. The smallest absolute Gasteiger partial charge is 0.306 e. The number of aryl methyl sites for hydroxylation is 1. The molecule has 0 bridgehead atoms. The molecule has 1 amide bonds.